The van der Waals surface area contributed by atoms with Gasteiger partial charge in [0.15, 0.2) is 0 Å². The lowest BCUT2D eigenvalue weighted by molar-refractivity contribution is -0.134. The molecule has 0 radical (unpaired) electrons. The first-order valence-corrected chi connectivity index (χ1v) is 8.63. The van der Waals surface area contributed by atoms with Crippen molar-refractivity contribution in [2.24, 2.45) is 5.10 Å². The van der Waals surface area contributed by atoms with Crippen molar-refractivity contribution < 1.29 is 14.4 Å². The smallest absolute Gasteiger partial charge is 0.271 e. The van der Waals surface area contributed by atoms with Crippen molar-refractivity contribution in [1.82, 2.24) is 15.2 Å². The Morgan fingerprint density at radius 3 is 2.42 bits per heavy atom. The van der Waals surface area contributed by atoms with Gasteiger partial charge in [0.25, 0.3) is 5.91 Å². The average Bonchev–Trinajstić information content (AvgIpc) is 2.60. The molecule has 2 rings (SSSR count). The average molecular weight is 442 g/mol. The first kappa shape index (κ1) is 18.4. The number of hydrogen-bond donors (Lipinski definition) is 1. The van der Waals surface area contributed by atoms with Crippen molar-refractivity contribution in [2.45, 2.75) is 13.3 Å². The molecular formula is C16H19IN4O3. The third-order valence-corrected chi connectivity index (χ3v) is 4.40. The molecule has 0 unspecified atom stereocenters. The number of rotatable bonds is 5. The summed E-state index contributed by atoms with van der Waals surface area (Å²) in [5.74, 6) is -0.358. The Balaban J connectivity index is 1.83. The summed E-state index contributed by atoms with van der Waals surface area (Å²) in [5, 5.41) is 3.99. The van der Waals surface area contributed by atoms with Crippen molar-refractivity contribution in [3.63, 3.8) is 0 Å². The lowest BCUT2D eigenvalue weighted by Gasteiger charge is -2.32. The number of halogens is 1. The second-order valence-electron chi connectivity index (χ2n) is 5.49. The van der Waals surface area contributed by atoms with Crippen LogP contribution in [-0.4, -0.2) is 59.9 Å². The fourth-order valence-electron chi connectivity index (χ4n) is 2.26. The van der Waals surface area contributed by atoms with Crippen molar-refractivity contribution >= 4 is 46.5 Å². The van der Waals surface area contributed by atoms with E-state index in [9.17, 15) is 14.4 Å². The summed E-state index contributed by atoms with van der Waals surface area (Å²) in [6, 6.07) is 7.13. The molecule has 0 aliphatic carbocycles. The zero-order chi connectivity index (χ0) is 17.5. The summed E-state index contributed by atoms with van der Waals surface area (Å²) in [4.78, 5) is 38.2. The fourth-order valence-corrected chi connectivity index (χ4v) is 2.62. The number of amides is 3. The van der Waals surface area contributed by atoms with Crippen LogP contribution in [0.15, 0.2) is 29.4 Å². The molecule has 0 bridgehead atoms. The molecule has 1 fully saturated rings. The number of carbonyl (C=O) groups is 3. The first-order valence-electron chi connectivity index (χ1n) is 7.56. The Morgan fingerprint density at radius 1 is 1.21 bits per heavy atom. The monoisotopic (exact) mass is 442 g/mol. The van der Waals surface area contributed by atoms with Gasteiger partial charge in [-0.15, -0.1) is 0 Å². The van der Waals surface area contributed by atoms with E-state index in [1.807, 2.05) is 12.1 Å². The number of nitrogens with one attached hydrogen (secondary N) is 1. The molecule has 1 saturated heterocycles. The maximum atomic E-state index is 12.2. The number of hydrogen-bond acceptors (Lipinski definition) is 4. The fraction of sp³-hybridized carbons (Fsp3) is 0.375. The second kappa shape index (κ2) is 8.76. The molecule has 1 heterocycles. The van der Waals surface area contributed by atoms with E-state index in [1.165, 1.54) is 0 Å². The second-order valence-corrected chi connectivity index (χ2v) is 6.74. The van der Waals surface area contributed by atoms with E-state index in [2.05, 4.69) is 33.1 Å². The van der Waals surface area contributed by atoms with Gasteiger partial charge in [-0.1, -0.05) is 0 Å². The third kappa shape index (κ3) is 5.29. The van der Waals surface area contributed by atoms with Gasteiger partial charge in [0, 0.05) is 41.0 Å². The summed E-state index contributed by atoms with van der Waals surface area (Å²) < 4.78 is 1.05. The van der Waals surface area contributed by atoms with Gasteiger partial charge in [-0.3, -0.25) is 14.4 Å². The molecule has 1 N–H and O–H groups in total. The molecule has 0 atom stereocenters. The van der Waals surface area contributed by atoms with Gasteiger partial charge in [0.05, 0.1) is 6.42 Å². The molecule has 7 nitrogen and oxygen atoms in total. The number of hydrazone groups is 1. The highest BCUT2D eigenvalue weighted by Crippen LogP contribution is 2.07. The van der Waals surface area contributed by atoms with Crippen molar-refractivity contribution in [3.05, 3.63) is 33.4 Å². The van der Waals surface area contributed by atoms with Crippen molar-refractivity contribution in [3.8, 4) is 0 Å². The normalized spacial score (nSPS) is 15.2. The number of benzene rings is 1. The molecule has 1 aliphatic rings. The Labute approximate surface area is 154 Å². The molecule has 3 amide bonds. The van der Waals surface area contributed by atoms with E-state index < -0.39 is 0 Å². The van der Waals surface area contributed by atoms with E-state index in [-0.39, 0.29) is 18.2 Å². The molecule has 8 heteroatoms. The van der Waals surface area contributed by atoms with Gasteiger partial charge < -0.3 is 9.80 Å². The quantitative estimate of drug-likeness (QED) is 0.321. The van der Waals surface area contributed by atoms with Gasteiger partial charge in [0.2, 0.25) is 12.3 Å². The molecule has 0 spiro atoms. The third-order valence-electron chi connectivity index (χ3n) is 3.68. The van der Waals surface area contributed by atoms with Crippen LogP contribution in [0.5, 0.6) is 0 Å². The van der Waals surface area contributed by atoms with Crippen LogP contribution in [-0.2, 0) is 9.59 Å². The summed E-state index contributed by atoms with van der Waals surface area (Å²) in [6.07, 6.45) is 0.947. The van der Waals surface area contributed by atoms with Gasteiger partial charge in [-0.05, 0) is 53.8 Å². The van der Waals surface area contributed by atoms with Crippen LogP contribution >= 0.6 is 22.6 Å². The first-order chi connectivity index (χ1) is 11.5. The van der Waals surface area contributed by atoms with Gasteiger partial charge in [0.1, 0.15) is 0 Å². The minimum Gasteiger partial charge on any atom is -0.342 e. The Bertz CT molecular complexity index is 637. The van der Waals surface area contributed by atoms with Crippen molar-refractivity contribution in [1.29, 1.82) is 0 Å². The highest BCUT2D eigenvalue weighted by molar-refractivity contribution is 14.1. The van der Waals surface area contributed by atoms with E-state index >= 15 is 0 Å². The van der Waals surface area contributed by atoms with E-state index in [0.717, 1.165) is 9.98 Å². The molecule has 1 aromatic carbocycles. The number of nitrogens with zero attached hydrogens (tertiary/aromatic N) is 3. The van der Waals surface area contributed by atoms with Gasteiger partial charge in [-0.2, -0.15) is 5.10 Å². The molecule has 1 aromatic rings. The minimum atomic E-state index is -0.308. The number of piperazine rings is 1. The highest BCUT2D eigenvalue weighted by atomic mass is 127. The zero-order valence-corrected chi connectivity index (χ0v) is 15.5. The highest BCUT2D eigenvalue weighted by Gasteiger charge is 2.20. The maximum absolute atomic E-state index is 12.2. The predicted octanol–water partition coefficient (Wildman–Crippen LogP) is 1.09. The van der Waals surface area contributed by atoms with E-state index in [0.29, 0.717) is 37.5 Å². The van der Waals surface area contributed by atoms with Gasteiger partial charge in [-0.25, -0.2) is 5.43 Å². The van der Waals surface area contributed by atoms with E-state index in [1.54, 1.807) is 28.9 Å². The van der Waals surface area contributed by atoms with Crippen LogP contribution in [0.4, 0.5) is 0 Å². The van der Waals surface area contributed by atoms with Crippen LogP contribution in [0.25, 0.3) is 0 Å². The summed E-state index contributed by atoms with van der Waals surface area (Å²) in [5.41, 5.74) is 3.52. The van der Waals surface area contributed by atoms with E-state index in [4.69, 9.17) is 0 Å². The molecule has 1 aliphatic heterocycles. The van der Waals surface area contributed by atoms with Gasteiger partial charge >= 0.3 is 0 Å². The molecule has 0 aromatic heterocycles. The molecule has 128 valence electrons. The largest absolute Gasteiger partial charge is 0.342 e. The lowest BCUT2D eigenvalue weighted by Crippen LogP contribution is -2.48. The predicted molar refractivity (Wildman–Crippen MR) is 98.6 cm³/mol. The summed E-state index contributed by atoms with van der Waals surface area (Å²) >= 11 is 2.17. The lowest BCUT2D eigenvalue weighted by atomic mass is 10.2. The Hall–Kier alpha value is -1.97. The standard InChI is InChI=1S/C16H19IN4O3/c1-12(10-15(23)21-8-6-20(11-22)7-9-21)18-19-16(24)13-2-4-14(17)5-3-13/h2-5,11H,6-10H2,1H3,(H,19,24)/b18-12+. The molecule has 24 heavy (non-hydrogen) atoms. The topological polar surface area (TPSA) is 82.1 Å². The van der Waals surface area contributed by atoms with Crippen LogP contribution in [0.1, 0.15) is 23.7 Å². The molecular weight excluding hydrogens is 423 g/mol. The minimum absolute atomic E-state index is 0.0506. The van der Waals surface area contributed by atoms with Crippen LogP contribution in [0, 0.1) is 3.57 Å². The summed E-state index contributed by atoms with van der Waals surface area (Å²) in [7, 11) is 0. The van der Waals surface area contributed by atoms with Crippen LogP contribution in [0.2, 0.25) is 0 Å². The SMILES string of the molecule is C/C(CC(=O)N1CCN(C=O)CC1)=N\NC(=O)c1ccc(I)cc1. The Kier molecular flexibility index (Phi) is 6.71. The van der Waals surface area contributed by atoms with Crippen molar-refractivity contribution in [2.75, 3.05) is 26.2 Å². The van der Waals surface area contributed by atoms with Crippen LogP contribution in [0.3, 0.4) is 0 Å². The Morgan fingerprint density at radius 2 is 1.83 bits per heavy atom. The van der Waals surface area contributed by atoms with Crippen LogP contribution < -0.4 is 5.43 Å². The summed E-state index contributed by atoms with van der Waals surface area (Å²) in [6.45, 7) is 3.86. The number of carbonyl (C=O) groups excluding carboxylic acids is 3. The maximum Gasteiger partial charge on any atom is 0.271 e. The molecule has 0 saturated carbocycles. The zero-order valence-electron chi connectivity index (χ0n) is 13.4.